The molecule has 0 fully saturated rings. The summed E-state index contributed by atoms with van der Waals surface area (Å²) >= 11 is 0. The Morgan fingerprint density at radius 3 is 1.90 bits per heavy atom. The van der Waals surface area contributed by atoms with E-state index >= 15 is 0 Å². The van der Waals surface area contributed by atoms with Crippen LogP contribution in [0.4, 0.5) is 22.0 Å². The van der Waals surface area contributed by atoms with E-state index in [0.717, 1.165) is 42.4 Å². The van der Waals surface area contributed by atoms with Gasteiger partial charge in [0.25, 0.3) is 5.56 Å². The first-order valence-electron chi connectivity index (χ1n) is 18.9. The molecule has 60 heavy (non-hydrogen) atoms. The molecule has 17 heteroatoms. The first-order chi connectivity index (χ1) is 28.4. The van der Waals surface area contributed by atoms with E-state index in [-0.39, 0.29) is 43.2 Å². The molecule has 2 atom stereocenters. The Balaban J connectivity index is 0.000000703. The number of amides is 1. The normalized spacial score (nSPS) is 12.4. The van der Waals surface area contributed by atoms with Gasteiger partial charge in [-0.05, 0) is 78.5 Å². The fourth-order valence-electron chi connectivity index (χ4n) is 6.36. The number of carbonyl (C=O) groups is 3. The molecule has 4 N–H and O–H groups in total. The molecular weight excluding hydrogens is 795 g/mol. The molecular formula is C43H45F5N4O8. The number of aliphatic carboxylic acids is 2. The van der Waals surface area contributed by atoms with E-state index in [2.05, 4.69) is 9.88 Å². The van der Waals surface area contributed by atoms with Crippen LogP contribution in [0.15, 0.2) is 89.7 Å². The monoisotopic (exact) mass is 840 g/mol. The van der Waals surface area contributed by atoms with Gasteiger partial charge in [0, 0.05) is 26.1 Å². The van der Waals surface area contributed by atoms with Crippen molar-refractivity contribution in [3.05, 3.63) is 135 Å². The fourth-order valence-corrected chi connectivity index (χ4v) is 6.36. The van der Waals surface area contributed by atoms with Crippen molar-refractivity contribution in [2.24, 2.45) is 0 Å². The number of carbonyl (C=O) groups excluding carboxylic acids is 1. The lowest BCUT2D eigenvalue weighted by molar-refractivity contribution is -0.165. The van der Waals surface area contributed by atoms with Gasteiger partial charge in [0.2, 0.25) is 5.91 Å². The maximum atomic E-state index is 14.5. The van der Waals surface area contributed by atoms with Crippen LogP contribution in [0.2, 0.25) is 0 Å². The summed E-state index contributed by atoms with van der Waals surface area (Å²) in [5.41, 5.74) is 2.40. The van der Waals surface area contributed by atoms with Crippen LogP contribution in [0.5, 0.6) is 0 Å². The molecule has 0 aliphatic carbocycles. The number of carboxylic acids is 2. The Kier molecular flexibility index (Phi) is 16.2. The second kappa shape index (κ2) is 20.8. The highest BCUT2D eigenvalue weighted by Gasteiger charge is 2.30. The van der Waals surface area contributed by atoms with Gasteiger partial charge in [-0.1, -0.05) is 74.5 Å². The highest BCUT2D eigenvalue weighted by Crippen LogP contribution is 2.31. The smallest absolute Gasteiger partial charge is 0.416 e. The SMILES string of the molecule is CCN(CC)CCN(Cc1ccc(-c2ccc(C(F)(F)F)cc2)cc1)C(=O)Cn1c(CCc2cccc(F)c2F)nc(=O)c2c(C)cccc21.O=C(O)C(O)C(O)C(=O)O. The van der Waals surface area contributed by atoms with Crippen LogP contribution < -0.4 is 5.56 Å². The zero-order chi connectivity index (χ0) is 44.3. The Labute approximate surface area is 341 Å². The first-order valence-corrected chi connectivity index (χ1v) is 18.9. The van der Waals surface area contributed by atoms with Crippen LogP contribution >= 0.6 is 0 Å². The lowest BCUT2D eigenvalue weighted by Crippen LogP contribution is -2.40. The number of benzene rings is 4. The van der Waals surface area contributed by atoms with Crippen molar-refractivity contribution in [2.45, 2.75) is 65.1 Å². The van der Waals surface area contributed by atoms with E-state index < -0.39 is 53.1 Å². The first kappa shape index (κ1) is 46.6. The molecule has 1 heterocycles. The molecule has 1 aromatic heterocycles. The third kappa shape index (κ3) is 12.0. The van der Waals surface area contributed by atoms with Gasteiger partial charge in [-0.25, -0.2) is 18.4 Å². The standard InChI is InChI=1S/C39H39F5N4O2.C4H6O6/c1-4-46(5-2)22-23-47(24-27-12-14-28(15-13-27)29-16-19-31(20-17-29)39(42,43)44)35(49)25-48-33-11-6-8-26(3)36(33)38(50)45-34(48)21-18-30-9-7-10-32(40)37(30)41;5-1(3(7)8)2(6)4(9)10/h6-17,19-20H,4-5,18,21-25H2,1-3H3;1-2,5-6H,(H,7,8)(H,9,10). The molecule has 0 spiro atoms. The Morgan fingerprint density at radius 2 is 1.35 bits per heavy atom. The molecule has 5 aromatic rings. The summed E-state index contributed by atoms with van der Waals surface area (Å²) in [4.78, 5) is 55.2. The molecule has 0 aliphatic rings. The van der Waals surface area contributed by atoms with Crippen molar-refractivity contribution in [3.8, 4) is 11.1 Å². The largest absolute Gasteiger partial charge is 0.479 e. The number of nitrogens with zero attached hydrogens (tertiary/aromatic N) is 4. The van der Waals surface area contributed by atoms with Gasteiger partial charge < -0.3 is 34.8 Å². The summed E-state index contributed by atoms with van der Waals surface area (Å²) in [6.07, 6.45) is -8.79. The maximum Gasteiger partial charge on any atom is 0.416 e. The maximum absolute atomic E-state index is 14.5. The minimum absolute atomic E-state index is 0.0680. The number of likely N-dealkylation sites (N-methyl/N-ethyl adjacent to an activating group) is 1. The summed E-state index contributed by atoms with van der Waals surface area (Å²) < 4.78 is 69.3. The van der Waals surface area contributed by atoms with E-state index in [1.807, 2.05) is 38.1 Å². The molecule has 0 bridgehead atoms. The van der Waals surface area contributed by atoms with E-state index in [1.54, 1.807) is 34.6 Å². The summed E-state index contributed by atoms with van der Waals surface area (Å²) in [5.74, 6) is -5.40. The number of fused-ring (bicyclic) bond motifs is 1. The number of carboxylic acid groups (broad SMARTS) is 2. The number of alkyl halides is 3. The number of aliphatic hydroxyl groups excluding tert-OH is 2. The van der Waals surface area contributed by atoms with E-state index in [9.17, 15) is 41.1 Å². The number of hydrogen-bond acceptors (Lipinski definition) is 8. The van der Waals surface area contributed by atoms with Crippen LogP contribution in [-0.2, 0) is 46.5 Å². The molecule has 320 valence electrons. The van der Waals surface area contributed by atoms with Gasteiger partial charge in [0.05, 0.1) is 16.5 Å². The molecule has 5 rings (SSSR count). The number of halogens is 5. The Morgan fingerprint density at radius 1 is 0.783 bits per heavy atom. The predicted octanol–water partition coefficient (Wildman–Crippen LogP) is 5.70. The molecule has 0 radical (unpaired) electrons. The zero-order valence-corrected chi connectivity index (χ0v) is 33.0. The molecule has 4 aromatic carbocycles. The summed E-state index contributed by atoms with van der Waals surface area (Å²) in [6.45, 7) is 8.64. The number of aliphatic hydroxyl groups is 2. The van der Waals surface area contributed by atoms with Gasteiger partial charge in [-0.2, -0.15) is 18.2 Å². The summed E-state index contributed by atoms with van der Waals surface area (Å²) in [5, 5.41) is 32.9. The lowest BCUT2D eigenvalue weighted by atomic mass is 10.0. The zero-order valence-electron chi connectivity index (χ0n) is 33.0. The number of rotatable bonds is 16. The molecule has 0 saturated heterocycles. The van der Waals surface area contributed by atoms with Gasteiger partial charge in [-0.3, -0.25) is 9.59 Å². The van der Waals surface area contributed by atoms with E-state index in [0.29, 0.717) is 35.1 Å². The third-order valence-electron chi connectivity index (χ3n) is 9.85. The number of aromatic nitrogens is 2. The minimum atomic E-state index is -4.42. The minimum Gasteiger partial charge on any atom is -0.479 e. The van der Waals surface area contributed by atoms with Gasteiger partial charge in [-0.15, -0.1) is 0 Å². The Bertz CT molecular complexity index is 2310. The van der Waals surface area contributed by atoms with Crippen molar-refractivity contribution in [3.63, 3.8) is 0 Å². The number of aryl methyl sites for hydroxylation is 3. The topological polar surface area (TPSA) is 174 Å². The van der Waals surface area contributed by atoms with Crippen molar-refractivity contribution >= 4 is 28.7 Å². The lowest BCUT2D eigenvalue weighted by Gasteiger charge is -2.28. The highest BCUT2D eigenvalue weighted by atomic mass is 19.4. The van der Waals surface area contributed by atoms with Crippen molar-refractivity contribution < 1.29 is 56.8 Å². The van der Waals surface area contributed by atoms with Gasteiger partial charge in [0.15, 0.2) is 23.8 Å². The van der Waals surface area contributed by atoms with Crippen LogP contribution in [0, 0.1) is 18.6 Å². The van der Waals surface area contributed by atoms with E-state index in [4.69, 9.17) is 20.4 Å². The van der Waals surface area contributed by atoms with Gasteiger partial charge >= 0.3 is 18.1 Å². The number of hydrogen-bond donors (Lipinski definition) is 4. The predicted molar refractivity (Wildman–Crippen MR) is 212 cm³/mol. The van der Waals surface area contributed by atoms with Crippen LogP contribution in [-0.4, -0.2) is 96.0 Å². The Hall–Kier alpha value is -6.04. The fraction of sp³-hybridized carbons (Fsp3) is 0.326. The van der Waals surface area contributed by atoms with Crippen molar-refractivity contribution in [2.75, 3.05) is 26.2 Å². The van der Waals surface area contributed by atoms with Gasteiger partial charge in [0.1, 0.15) is 12.4 Å². The molecule has 1 amide bonds. The van der Waals surface area contributed by atoms with Crippen molar-refractivity contribution in [1.29, 1.82) is 0 Å². The van der Waals surface area contributed by atoms with Crippen LogP contribution in [0.3, 0.4) is 0 Å². The van der Waals surface area contributed by atoms with Crippen LogP contribution in [0.25, 0.3) is 22.0 Å². The second-order valence-electron chi connectivity index (χ2n) is 13.8. The third-order valence-corrected chi connectivity index (χ3v) is 9.85. The quantitative estimate of drug-likeness (QED) is 0.0903. The van der Waals surface area contributed by atoms with Crippen LogP contribution in [0.1, 0.15) is 41.9 Å². The molecule has 0 saturated carbocycles. The van der Waals surface area contributed by atoms with E-state index in [1.165, 1.54) is 24.3 Å². The molecule has 12 nitrogen and oxygen atoms in total. The molecule has 2 unspecified atom stereocenters. The summed E-state index contributed by atoms with van der Waals surface area (Å²) in [6, 6.07) is 21.6. The second-order valence-corrected chi connectivity index (χ2v) is 13.8. The van der Waals surface area contributed by atoms with Crippen molar-refractivity contribution in [1.82, 2.24) is 19.4 Å². The average Bonchev–Trinajstić information content (AvgIpc) is 3.21. The summed E-state index contributed by atoms with van der Waals surface area (Å²) in [7, 11) is 0. The average molecular weight is 841 g/mol. The highest BCUT2D eigenvalue weighted by molar-refractivity contribution is 5.84. The molecule has 0 aliphatic heterocycles.